The number of nitro groups is 1. The van der Waals surface area contributed by atoms with Crippen LogP contribution in [0.3, 0.4) is 0 Å². The molecule has 0 aliphatic carbocycles. The zero-order valence-electron chi connectivity index (χ0n) is 19.0. The van der Waals surface area contributed by atoms with Crippen LogP contribution in [0.15, 0.2) is 47.4 Å². The summed E-state index contributed by atoms with van der Waals surface area (Å²) in [4.78, 5) is 30.6. The highest BCUT2D eigenvalue weighted by Gasteiger charge is 2.33. The number of rotatable bonds is 7. The van der Waals surface area contributed by atoms with Crippen molar-refractivity contribution in [2.24, 2.45) is 0 Å². The number of ether oxygens (including phenoxy) is 2. The molecule has 0 saturated carbocycles. The molecule has 1 heterocycles. The van der Waals surface area contributed by atoms with Crippen molar-refractivity contribution >= 4 is 27.6 Å². The summed E-state index contributed by atoms with van der Waals surface area (Å²) in [5.74, 6) is -2.19. The number of para-hydroxylation sites is 1. The molecular formula is C21H25N3O10S. The molecule has 1 aliphatic heterocycles. The lowest BCUT2D eigenvalue weighted by Gasteiger charge is -2.34. The number of aliphatic carboxylic acids is 2. The second-order valence-electron chi connectivity index (χ2n) is 7.19. The van der Waals surface area contributed by atoms with E-state index in [1.54, 1.807) is 14.2 Å². The van der Waals surface area contributed by atoms with E-state index in [1.807, 2.05) is 18.2 Å². The number of hydrogen-bond acceptors (Lipinski definition) is 9. The van der Waals surface area contributed by atoms with Crippen molar-refractivity contribution in [2.75, 3.05) is 40.4 Å². The fraction of sp³-hybridized carbons (Fsp3) is 0.333. The predicted molar refractivity (Wildman–Crippen MR) is 122 cm³/mol. The lowest BCUT2D eigenvalue weighted by atomic mass is 10.1. The number of nitro benzene ring substituents is 1. The summed E-state index contributed by atoms with van der Waals surface area (Å²) in [6.45, 7) is 2.08. The van der Waals surface area contributed by atoms with Gasteiger partial charge >= 0.3 is 11.9 Å². The van der Waals surface area contributed by atoms with Gasteiger partial charge in [0.15, 0.2) is 4.90 Å². The highest BCUT2D eigenvalue weighted by atomic mass is 32.2. The molecule has 0 aromatic heterocycles. The number of carbonyl (C=O) groups is 2. The number of nitrogens with zero attached hydrogens (tertiary/aromatic N) is 3. The molecule has 2 aromatic rings. The quantitative estimate of drug-likeness (QED) is 0.311. The Labute approximate surface area is 201 Å². The molecular weight excluding hydrogens is 486 g/mol. The minimum Gasteiger partial charge on any atom is -0.497 e. The minimum atomic E-state index is -3.94. The number of methoxy groups -OCH3 is 2. The Kier molecular flexibility index (Phi) is 9.50. The lowest BCUT2D eigenvalue weighted by Crippen LogP contribution is -2.48. The molecule has 0 spiro atoms. The molecule has 0 atom stereocenters. The molecule has 3 rings (SSSR count). The van der Waals surface area contributed by atoms with Gasteiger partial charge in [0, 0.05) is 44.4 Å². The SMILES string of the molecule is COc1ccc(OC)c(CN2CCN(S(=O)(=O)c3ccccc3[N+](=O)[O-])CC2)c1.O=C(O)C(=O)O. The first-order valence-corrected chi connectivity index (χ1v) is 11.6. The van der Waals surface area contributed by atoms with Crippen LogP contribution in [0.25, 0.3) is 0 Å². The predicted octanol–water partition coefficient (Wildman–Crippen LogP) is 1.27. The maximum atomic E-state index is 12.9. The standard InChI is InChI=1S/C19H23N3O6S.C2H2O4/c1-27-16-7-8-18(28-2)15(13-16)14-20-9-11-21(12-10-20)29(25,26)19-6-4-3-5-17(19)22(23)24;3-1(4)2(5)6/h3-8,13H,9-12,14H2,1-2H3;(H,3,4)(H,5,6). The van der Waals surface area contributed by atoms with Gasteiger partial charge in [-0.25, -0.2) is 18.0 Å². The third kappa shape index (κ3) is 7.11. The Morgan fingerprint density at radius 1 is 1.00 bits per heavy atom. The van der Waals surface area contributed by atoms with Crippen LogP contribution in [0.1, 0.15) is 5.56 Å². The number of carboxylic acids is 2. The Morgan fingerprint density at radius 3 is 2.11 bits per heavy atom. The molecule has 0 radical (unpaired) electrons. The van der Waals surface area contributed by atoms with Crippen LogP contribution in [-0.2, 0) is 26.2 Å². The van der Waals surface area contributed by atoms with Crippen molar-refractivity contribution in [1.29, 1.82) is 0 Å². The molecule has 14 heteroatoms. The summed E-state index contributed by atoms with van der Waals surface area (Å²) < 4.78 is 37.8. The first kappa shape index (κ1) is 27.5. The summed E-state index contributed by atoms with van der Waals surface area (Å²) in [5, 5.41) is 26.0. The van der Waals surface area contributed by atoms with Crippen LogP contribution in [0, 0.1) is 10.1 Å². The molecule has 0 bridgehead atoms. The van der Waals surface area contributed by atoms with Crippen LogP contribution >= 0.6 is 0 Å². The van der Waals surface area contributed by atoms with Crippen LogP contribution < -0.4 is 9.47 Å². The number of carboxylic acid groups (broad SMARTS) is 2. The zero-order valence-corrected chi connectivity index (χ0v) is 19.8. The molecule has 35 heavy (non-hydrogen) atoms. The van der Waals surface area contributed by atoms with Gasteiger partial charge in [-0.2, -0.15) is 4.31 Å². The fourth-order valence-electron chi connectivity index (χ4n) is 3.34. The lowest BCUT2D eigenvalue weighted by molar-refractivity contribution is -0.387. The first-order chi connectivity index (χ1) is 16.5. The summed E-state index contributed by atoms with van der Waals surface area (Å²) in [6, 6.07) is 11.0. The van der Waals surface area contributed by atoms with Crippen molar-refractivity contribution < 1.29 is 42.6 Å². The van der Waals surface area contributed by atoms with Crippen molar-refractivity contribution in [2.45, 2.75) is 11.4 Å². The molecule has 0 amide bonds. The molecule has 2 N–H and O–H groups in total. The fourth-order valence-corrected chi connectivity index (χ4v) is 4.92. The topological polar surface area (TPSA) is 177 Å². The highest BCUT2D eigenvalue weighted by molar-refractivity contribution is 7.89. The van der Waals surface area contributed by atoms with Gasteiger partial charge in [0.25, 0.3) is 5.69 Å². The monoisotopic (exact) mass is 511 g/mol. The molecule has 2 aromatic carbocycles. The highest BCUT2D eigenvalue weighted by Crippen LogP contribution is 2.28. The average molecular weight is 512 g/mol. The Balaban J connectivity index is 0.000000641. The molecule has 1 saturated heterocycles. The van der Waals surface area contributed by atoms with Gasteiger partial charge in [0.1, 0.15) is 11.5 Å². The summed E-state index contributed by atoms with van der Waals surface area (Å²) in [5.41, 5.74) is 0.540. The van der Waals surface area contributed by atoms with Gasteiger partial charge in [-0.3, -0.25) is 15.0 Å². The van der Waals surface area contributed by atoms with Crippen LogP contribution in [-0.4, -0.2) is 85.1 Å². The van der Waals surface area contributed by atoms with Gasteiger partial charge < -0.3 is 19.7 Å². The van der Waals surface area contributed by atoms with E-state index in [0.29, 0.717) is 19.6 Å². The van der Waals surface area contributed by atoms with E-state index in [4.69, 9.17) is 29.3 Å². The maximum absolute atomic E-state index is 12.9. The maximum Gasteiger partial charge on any atom is 0.414 e. The molecule has 1 aliphatic rings. The molecule has 0 unspecified atom stereocenters. The van der Waals surface area contributed by atoms with E-state index in [-0.39, 0.29) is 18.0 Å². The van der Waals surface area contributed by atoms with Crippen LogP contribution in [0.4, 0.5) is 5.69 Å². The average Bonchev–Trinajstić information content (AvgIpc) is 2.84. The van der Waals surface area contributed by atoms with Gasteiger partial charge in [-0.15, -0.1) is 0 Å². The zero-order chi connectivity index (χ0) is 26.2. The van der Waals surface area contributed by atoms with Gasteiger partial charge in [0.05, 0.1) is 19.1 Å². The molecule has 13 nitrogen and oxygen atoms in total. The smallest absolute Gasteiger partial charge is 0.414 e. The third-order valence-corrected chi connectivity index (χ3v) is 7.02. The summed E-state index contributed by atoms with van der Waals surface area (Å²) >= 11 is 0. The summed E-state index contributed by atoms with van der Waals surface area (Å²) in [6.07, 6.45) is 0. The minimum absolute atomic E-state index is 0.251. The van der Waals surface area contributed by atoms with E-state index in [1.165, 1.54) is 28.6 Å². The van der Waals surface area contributed by atoms with Gasteiger partial charge in [-0.1, -0.05) is 12.1 Å². The number of piperazine rings is 1. The van der Waals surface area contributed by atoms with Crippen LogP contribution in [0.2, 0.25) is 0 Å². The summed E-state index contributed by atoms with van der Waals surface area (Å²) in [7, 11) is -0.742. The van der Waals surface area contributed by atoms with E-state index in [0.717, 1.165) is 17.1 Å². The van der Waals surface area contributed by atoms with E-state index < -0.39 is 32.6 Å². The second-order valence-corrected chi connectivity index (χ2v) is 9.10. The van der Waals surface area contributed by atoms with Crippen molar-refractivity contribution in [1.82, 2.24) is 9.21 Å². The van der Waals surface area contributed by atoms with Gasteiger partial charge in [0.2, 0.25) is 10.0 Å². The van der Waals surface area contributed by atoms with Crippen LogP contribution in [0.5, 0.6) is 11.5 Å². The Morgan fingerprint density at radius 2 is 1.60 bits per heavy atom. The normalized spacial score (nSPS) is 14.3. The Bertz CT molecular complexity index is 1170. The molecule has 190 valence electrons. The largest absolute Gasteiger partial charge is 0.497 e. The Hall–Kier alpha value is -3.75. The van der Waals surface area contributed by atoms with Gasteiger partial charge in [-0.05, 0) is 24.3 Å². The number of sulfonamides is 1. The van der Waals surface area contributed by atoms with Crippen molar-refractivity contribution in [3.63, 3.8) is 0 Å². The molecule has 1 fully saturated rings. The second kappa shape index (κ2) is 12.1. The van der Waals surface area contributed by atoms with E-state index >= 15 is 0 Å². The van der Waals surface area contributed by atoms with Crippen molar-refractivity contribution in [3.05, 3.63) is 58.1 Å². The van der Waals surface area contributed by atoms with E-state index in [2.05, 4.69) is 4.90 Å². The number of hydrogen-bond donors (Lipinski definition) is 2. The van der Waals surface area contributed by atoms with E-state index in [9.17, 15) is 18.5 Å². The third-order valence-electron chi connectivity index (χ3n) is 5.08. The first-order valence-electron chi connectivity index (χ1n) is 10.1. The number of benzene rings is 2. The van der Waals surface area contributed by atoms with Crippen molar-refractivity contribution in [3.8, 4) is 11.5 Å².